The van der Waals surface area contributed by atoms with Crippen LogP contribution in [0, 0.1) is 0 Å². The third-order valence-electron chi connectivity index (χ3n) is 1.85. The van der Waals surface area contributed by atoms with E-state index in [0.29, 0.717) is 5.75 Å². The number of benzene rings is 1. The first kappa shape index (κ1) is 15.5. The van der Waals surface area contributed by atoms with Crippen LogP contribution in [0.2, 0.25) is 5.02 Å². The highest BCUT2D eigenvalue weighted by Crippen LogP contribution is 2.28. The molecule has 7 nitrogen and oxygen atoms in total. The van der Waals surface area contributed by atoms with Gasteiger partial charge in [-0.1, -0.05) is 11.6 Å². The molecule has 1 aromatic carbocycles. The number of hydrogen-bond donors (Lipinski definition) is 2. The summed E-state index contributed by atoms with van der Waals surface area (Å²) in [5, 5.41) is 8.62. The van der Waals surface area contributed by atoms with E-state index in [-0.39, 0.29) is 17.5 Å². The van der Waals surface area contributed by atoms with E-state index in [1.807, 2.05) is 0 Å². The summed E-state index contributed by atoms with van der Waals surface area (Å²) in [5.41, 5.74) is 0.149. The molecule has 19 heavy (non-hydrogen) atoms. The molecule has 0 unspecified atom stereocenters. The molecule has 106 valence electrons. The van der Waals surface area contributed by atoms with Crippen molar-refractivity contribution in [1.82, 2.24) is 0 Å². The zero-order chi connectivity index (χ0) is 14.5. The first-order valence-corrected chi connectivity index (χ1v) is 7.00. The first-order chi connectivity index (χ1) is 8.84. The Morgan fingerprint density at radius 1 is 1.47 bits per heavy atom. The maximum atomic E-state index is 11.4. The predicted molar refractivity (Wildman–Crippen MR) is 69.0 cm³/mol. The van der Waals surface area contributed by atoms with Crippen LogP contribution < -0.4 is 9.46 Å². The molecule has 0 aliphatic rings. The number of anilines is 1. The second-order valence-electron chi connectivity index (χ2n) is 3.45. The van der Waals surface area contributed by atoms with Crippen LogP contribution in [-0.4, -0.2) is 39.1 Å². The Morgan fingerprint density at radius 3 is 2.68 bits per heavy atom. The van der Waals surface area contributed by atoms with Crippen molar-refractivity contribution in [2.45, 2.75) is 0 Å². The number of methoxy groups -OCH3 is 1. The molecular formula is C10H12ClNO6S. The lowest BCUT2D eigenvalue weighted by atomic mass is 10.3. The third-order valence-corrected chi connectivity index (χ3v) is 3.32. The molecule has 0 fully saturated rings. The van der Waals surface area contributed by atoms with Crippen molar-refractivity contribution < 1.29 is 27.8 Å². The number of aliphatic carboxylic acids is 1. The van der Waals surface area contributed by atoms with Crippen LogP contribution in [0.4, 0.5) is 5.69 Å². The summed E-state index contributed by atoms with van der Waals surface area (Å²) in [4.78, 5) is 10.4. The molecular weight excluding hydrogens is 298 g/mol. The van der Waals surface area contributed by atoms with Gasteiger partial charge in [-0.15, -0.1) is 0 Å². The number of carboxylic acid groups (broad SMARTS) is 1. The van der Waals surface area contributed by atoms with Gasteiger partial charge in [-0.05, 0) is 18.2 Å². The predicted octanol–water partition coefficient (Wildman–Crippen LogP) is 1.15. The van der Waals surface area contributed by atoms with Crippen molar-refractivity contribution in [1.29, 1.82) is 0 Å². The van der Waals surface area contributed by atoms with Gasteiger partial charge in [0.1, 0.15) is 5.75 Å². The van der Waals surface area contributed by atoms with Crippen molar-refractivity contribution in [3.63, 3.8) is 0 Å². The summed E-state index contributed by atoms with van der Waals surface area (Å²) in [6.45, 7) is 0.00378. The fourth-order valence-corrected chi connectivity index (χ4v) is 2.30. The van der Waals surface area contributed by atoms with E-state index < -0.39 is 21.7 Å². The van der Waals surface area contributed by atoms with Crippen molar-refractivity contribution in [2.75, 3.05) is 24.4 Å². The average molecular weight is 310 g/mol. The zero-order valence-electron chi connectivity index (χ0n) is 9.92. The van der Waals surface area contributed by atoms with Gasteiger partial charge in [-0.3, -0.25) is 9.52 Å². The Morgan fingerprint density at radius 2 is 2.16 bits per heavy atom. The Balaban J connectivity index is 2.81. The van der Waals surface area contributed by atoms with E-state index in [1.54, 1.807) is 0 Å². The van der Waals surface area contributed by atoms with E-state index in [0.717, 1.165) is 0 Å². The fraction of sp³-hybridized carbons (Fsp3) is 0.300. The highest BCUT2D eigenvalue weighted by molar-refractivity contribution is 7.93. The molecule has 0 amide bonds. The van der Waals surface area contributed by atoms with Crippen LogP contribution in [0.5, 0.6) is 5.75 Å². The van der Waals surface area contributed by atoms with Crippen molar-refractivity contribution in [2.24, 2.45) is 0 Å². The molecule has 1 rings (SSSR count). The van der Waals surface area contributed by atoms with Crippen LogP contribution in [0.1, 0.15) is 0 Å². The van der Waals surface area contributed by atoms with Gasteiger partial charge in [-0.25, -0.2) is 8.42 Å². The second kappa shape index (κ2) is 6.60. The van der Waals surface area contributed by atoms with Crippen molar-refractivity contribution in [3.8, 4) is 5.75 Å². The van der Waals surface area contributed by atoms with Gasteiger partial charge in [0.05, 0.1) is 10.7 Å². The van der Waals surface area contributed by atoms with Crippen molar-refractivity contribution in [3.05, 3.63) is 23.2 Å². The number of sulfonamides is 1. The van der Waals surface area contributed by atoms with E-state index in [1.165, 1.54) is 25.3 Å². The van der Waals surface area contributed by atoms with E-state index in [4.69, 9.17) is 26.2 Å². The van der Waals surface area contributed by atoms with Gasteiger partial charge in [0.2, 0.25) is 10.0 Å². The second-order valence-corrected chi connectivity index (χ2v) is 5.58. The van der Waals surface area contributed by atoms with Crippen molar-refractivity contribution >= 4 is 33.3 Å². The van der Waals surface area contributed by atoms with E-state index >= 15 is 0 Å². The monoisotopic (exact) mass is 309 g/mol. The smallest absolute Gasteiger partial charge is 0.320 e. The van der Waals surface area contributed by atoms with Crippen LogP contribution in [-0.2, 0) is 19.6 Å². The summed E-state index contributed by atoms with van der Waals surface area (Å²) < 4.78 is 34.7. The number of carboxylic acids is 1. The molecule has 1 aromatic rings. The molecule has 0 saturated carbocycles. The first-order valence-electron chi connectivity index (χ1n) is 4.97. The van der Waals surface area contributed by atoms with Gasteiger partial charge < -0.3 is 14.6 Å². The summed E-state index contributed by atoms with van der Waals surface area (Å²) in [7, 11) is -2.51. The highest BCUT2D eigenvalue weighted by atomic mass is 35.5. The molecule has 0 saturated heterocycles. The molecule has 2 N–H and O–H groups in total. The Labute approximate surface area is 115 Å². The maximum absolute atomic E-state index is 11.4. The Hall–Kier alpha value is -1.51. The number of nitrogens with one attached hydrogen (secondary N) is 1. The number of rotatable bonds is 7. The van der Waals surface area contributed by atoms with Crippen LogP contribution >= 0.6 is 11.6 Å². The van der Waals surface area contributed by atoms with Gasteiger partial charge in [0.15, 0.2) is 12.5 Å². The topological polar surface area (TPSA) is 102 Å². The molecule has 0 radical (unpaired) electrons. The van der Waals surface area contributed by atoms with Gasteiger partial charge in [0.25, 0.3) is 0 Å². The van der Waals surface area contributed by atoms with Crippen LogP contribution in [0.3, 0.4) is 0 Å². The number of carbonyl (C=O) groups is 1. The molecule has 0 aliphatic carbocycles. The average Bonchev–Trinajstić information content (AvgIpc) is 2.25. The van der Waals surface area contributed by atoms with Gasteiger partial charge in [0, 0.05) is 7.11 Å². The minimum absolute atomic E-state index is 0.00378. The quantitative estimate of drug-likeness (QED) is 0.733. The SMILES string of the molecule is COCOc1ccc(NS(=O)(=O)CC(=O)O)cc1Cl. The minimum atomic E-state index is -3.95. The standard InChI is InChI=1S/C10H12ClNO6S/c1-17-6-18-9-3-2-7(4-8(9)11)12-19(15,16)5-10(13)14/h2-4,12H,5-6H2,1H3,(H,13,14). The highest BCUT2D eigenvalue weighted by Gasteiger charge is 2.16. The maximum Gasteiger partial charge on any atom is 0.320 e. The number of ether oxygens (including phenoxy) is 2. The molecule has 0 heterocycles. The summed E-state index contributed by atoms with van der Waals surface area (Å²) in [6, 6.07) is 4.15. The molecule has 0 spiro atoms. The largest absolute Gasteiger partial charge is 0.480 e. The molecule has 0 aromatic heterocycles. The normalized spacial score (nSPS) is 11.1. The Bertz CT molecular complexity index is 559. The summed E-state index contributed by atoms with van der Waals surface area (Å²) >= 11 is 5.87. The van der Waals surface area contributed by atoms with Crippen LogP contribution in [0.25, 0.3) is 0 Å². The van der Waals surface area contributed by atoms with E-state index in [9.17, 15) is 13.2 Å². The van der Waals surface area contributed by atoms with Gasteiger partial charge >= 0.3 is 5.97 Å². The summed E-state index contributed by atoms with van der Waals surface area (Å²) in [5.74, 6) is -2.14. The lowest BCUT2D eigenvalue weighted by Gasteiger charge is -2.10. The molecule has 9 heteroatoms. The van der Waals surface area contributed by atoms with E-state index in [2.05, 4.69) is 4.72 Å². The van der Waals surface area contributed by atoms with Crippen LogP contribution in [0.15, 0.2) is 18.2 Å². The molecule has 0 aliphatic heterocycles. The lowest BCUT2D eigenvalue weighted by Crippen LogP contribution is -2.22. The molecule has 0 bridgehead atoms. The zero-order valence-corrected chi connectivity index (χ0v) is 11.5. The lowest BCUT2D eigenvalue weighted by molar-refractivity contribution is -0.134. The third kappa shape index (κ3) is 5.33. The summed E-state index contributed by atoms with van der Waals surface area (Å²) in [6.07, 6.45) is 0. The molecule has 0 atom stereocenters. The Kier molecular flexibility index (Phi) is 5.40. The fourth-order valence-electron chi connectivity index (χ4n) is 1.18. The number of halogens is 1. The van der Waals surface area contributed by atoms with Gasteiger partial charge in [-0.2, -0.15) is 0 Å². The minimum Gasteiger partial charge on any atom is -0.480 e. The number of hydrogen-bond acceptors (Lipinski definition) is 5.